The zero-order valence-electron chi connectivity index (χ0n) is 5.83. The van der Waals surface area contributed by atoms with Gasteiger partial charge in [-0.25, -0.2) is 4.98 Å². The van der Waals surface area contributed by atoms with E-state index in [-0.39, 0.29) is 0 Å². The van der Waals surface area contributed by atoms with Gasteiger partial charge < -0.3 is 9.88 Å². The third-order valence-corrected chi connectivity index (χ3v) is 1.31. The summed E-state index contributed by atoms with van der Waals surface area (Å²) < 4.78 is 2.03. The predicted octanol–water partition coefficient (Wildman–Crippen LogP) is -0.887. The molecule has 3 heteroatoms. The number of aromatic nitrogens is 2. The zero-order chi connectivity index (χ0) is 6.69. The maximum absolute atomic E-state index is 4.14. The highest BCUT2D eigenvalue weighted by atomic mass is 15.1. The summed E-state index contributed by atoms with van der Waals surface area (Å²) in [4.78, 5) is 4.14. The van der Waals surface area contributed by atoms with Gasteiger partial charge in [-0.1, -0.05) is 0 Å². The van der Waals surface area contributed by atoms with Crippen LogP contribution in [0.5, 0.6) is 0 Å². The molecule has 1 rings (SSSR count). The minimum absolute atomic E-state index is 0.962. The molecule has 0 saturated heterocycles. The summed E-state index contributed by atoms with van der Waals surface area (Å²) >= 11 is 0. The molecule has 50 valence electrons. The smallest absolute Gasteiger partial charge is 0.163 e. The molecule has 0 aliphatic rings. The van der Waals surface area contributed by atoms with Crippen LogP contribution in [-0.4, -0.2) is 16.6 Å². The van der Waals surface area contributed by atoms with Gasteiger partial charge in [-0.15, -0.1) is 0 Å². The van der Waals surface area contributed by atoms with Crippen molar-refractivity contribution in [2.75, 3.05) is 7.05 Å². The van der Waals surface area contributed by atoms with Gasteiger partial charge in [-0.05, 0) is 0 Å². The zero-order valence-corrected chi connectivity index (χ0v) is 5.83. The van der Waals surface area contributed by atoms with E-state index in [1.807, 2.05) is 31.1 Å². The van der Waals surface area contributed by atoms with Crippen LogP contribution in [0.3, 0.4) is 0 Å². The van der Waals surface area contributed by atoms with Crippen molar-refractivity contribution < 1.29 is 5.32 Å². The van der Waals surface area contributed by atoms with Crippen LogP contribution in [0.1, 0.15) is 5.82 Å². The summed E-state index contributed by atoms with van der Waals surface area (Å²) in [7, 11) is 4.04. The fourth-order valence-electron chi connectivity index (χ4n) is 0.776. The van der Waals surface area contributed by atoms with Crippen LogP contribution in [0, 0.1) is 0 Å². The first kappa shape index (κ1) is 6.29. The number of nitrogens with zero attached hydrogens (tertiary/aromatic N) is 2. The van der Waals surface area contributed by atoms with Crippen molar-refractivity contribution in [3.8, 4) is 0 Å². The quantitative estimate of drug-likeness (QED) is 0.548. The Balaban J connectivity index is 2.69. The molecule has 0 bridgehead atoms. The van der Waals surface area contributed by atoms with Crippen LogP contribution in [0.4, 0.5) is 0 Å². The van der Waals surface area contributed by atoms with E-state index in [0.717, 1.165) is 12.4 Å². The lowest BCUT2D eigenvalue weighted by atomic mass is 10.6. The molecule has 1 heterocycles. The van der Waals surface area contributed by atoms with E-state index < -0.39 is 0 Å². The van der Waals surface area contributed by atoms with Gasteiger partial charge >= 0.3 is 0 Å². The SMILES string of the molecule is C[NH2+]Cc1nccn1C. The van der Waals surface area contributed by atoms with Crippen molar-refractivity contribution in [1.29, 1.82) is 0 Å². The van der Waals surface area contributed by atoms with Crippen LogP contribution in [0.25, 0.3) is 0 Å². The molecule has 3 nitrogen and oxygen atoms in total. The van der Waals surface area contributed by atoms with E-state index in [0.29, 0.717) is 0 Å². The van der Waals surface area contributed by atoms with E-state index in [2.05, 4.69) is 10.3 Å². The molecule has 0 unspecified atom stereocenters. The highest BCUT2D eigenvalue weighted by Gasteiger charge is 1.96. The third kappa shape index (κ3) is 1.29. The lowest BCUT2D eigenvalue weighted by molar-refractivity contribution is -0.644. The summed E-state index contributed by atoms with van der Waals surface area (Å²) in [6.45, 7) is 0.962. The number of hydrogen-bond donors (Lipinski definition) is 1. The van der Waals surface area contributed by atoms with Crippen molar-refractivity contribution in [2.45, 2.75) is 6.54 Å². The second-order valence-electron chi connectivity index (χ2n) is 2.07. The molecule has 0 amide bonds. The van der Waals surface area contributed by atoms with Crippen molar-refractivity contribution in [3.05, 3.63) is 18.2 Å². The Hall–Kier alpha value is -0.830. The lowest BCUT2D eigenvalue weighted by Crippen LogP contribution is -2.78. The van der Waals surface area contributed by atoms with Crippen LogP contribution < -0.4 is 5.32 Å². The third-order valence-electron chi connectivity index (χ3n) is 1.31. The Bertz CT molecular complexity index is 180. The molecular weight excluding hydrogens is 114 g/mol. The molecule has 0 aliphatic carbocycles. The first-order valence-electron chi connectivity index (χ1n) is 3.08. The molecule has 0 aliphatic heterocycles. The Morgan fingerprint density at radius 3 is 3.00 bits per heavy atom. The van der Waals surface area contributed by atoms with Crippen molar-refractivity contribution in [3.63, 3.8) is 0 Å². The normalized spacial score (nSPS) is 10.0. The fourth-order valence-corrected chi connectivity index (χ4v) is 0.776. The van der Waals surface area contributed by atoms with Gasteiger partial charge in [0, 0.05) is 19.4 Å². The molecule has 2 N–H and O–H groups in total. The Labute approximate surface area is 54.7 Å². The number of hydrogen-bond acceptors (Lipinski definition) is 1. The van der Waals surface area contributed by atoms with Crippen molar-refractivity contribution >= 4 is 0 Å². The first-order valence-corrected chi connectivity index (χ1v) is 3.08. The summed E-state index contributed by atoms with van der Waals surface area (Å²) in [6.07, 6.45) is 3.78. The molecule has 0 radical (unpaired) electrons. The van der Waals surface area contributed by atoms with Gasteiger partial charge in [0.05, 0.1) is 7.05 Å². The minimum Gasteiger partial charge on any atom is -0.342 e. The van der Waals surface area contributed by atoms with Crippen LogP contribution >= 0.6 is 0 Å². The van der Waals surface area contributed by atoms with Gasteiger partial charge in [0.1, 0.15) is 6.54 Å². The maximum atomic E-state index is 4.14. The molecular formula is C6H12N3+. The van der Waals surface area contributed by atoms with Gasteiger partial charge in [0.15, 0.2) is 5.82 Å². The molecule has 0 atom stereocenters. The number of aryl methyl sites for hydroxylation is 1. The van der Waals surface area contributed by atoms with E-state index in [4.69, 9.17) is 0 Å². The molecule has 0 saturated carbocycles. The molecule has 0 spiro atoms. The summed E-state index contributed by atoms with van der Waals surface area (Å²) in [5.41, 5.74) is 0. The highest BCUT2D eigenvalue weighted by molar-refractivity contribution is 4.87. The molecule has 1 aromatic heterocycles. The maximum Gasteiger partial charge on any atom is 0.163 e. The van der Waals surface area contributed by atoms with E-state index in [9.17, 15) is 0 Å². The van der Waals surface area contributed by atoms with E-state index >= 15 is 0 Å². The number of imidazole rings is 1. The summed E-state index contributed by atoms with van der Waals surface area (Å²) in [5, 5.41) is 2.10. The molecule has 0 aromatic carbocycles. The highest BCUT2D eigenvalue weighted by Crippen LogP contribution is 1.88. The average molecular weight is 126 g/mol. The largest absolute Gasteiger partial charge is 0.342 e. The van der Waals surface area contributed by atoms with Crippen LogP contribution in [0.2, 0.25) is 0 Å². The summed E-state index contributed by atoms with van der Waals surface area (Å²) in [5.74, 6) is 1.12. The van der Waals surface area contributed by atoms with Crippen molar-refractivity contribution in [1.82, 2.24) is 9.55 Å². The van der Waals surface area contributed by atoms with Gasteiger partial charge in [0.2, 0.25) is 0 Å². The Morgan fingerprint density at radius 1 is 1.78 bits per heavy atom. The minimum atomic E-state index is 0.962. The number of nitrogens with two attached hydrogens (primary N) is 1. The fraction of sp³-hybridized carbons (Fsp3) is 0.500. The number of quaternary nitrogens is 1. The van der Waals surface area contributed by atoms with Gasteiger partial charge in [0.25, 0.3) is 0 Å². The van der Waals surface area contributed by atoms with Gasteiger partial charge in [-0.3, -0.25) is 0 Å². The predicted molar refractivity (Wildman–Crippen MR) is 34.8 cm³/mol. The monoisotopic (exact) mass is 126 g/mol. The van der Waals surface area contributed by atoms with E-state index in [1.165, 1.54) is 0 Å². The summed E-state index contributed by atoms with van der Waals surface area (Å²) in [6, 6.07) is 0. The number of rotatable bonds is 2. The second-order valence-corrected chi connectivity index (χ2v) is 2.07. The first-order chi connectivity index (χ1) is 4.34. The standard InChI is InChI=1S/C6H11N3/c1-7-5-6-8-3-4-9(6)2/h3-4,7H,5H2,1-2H3/p+1. The Morgan fingerprint density at radius 2 is 2.56 bits per heavy atom. The Kier molecular flexibility index (Phi) is 1.85. The molecule has 0 fully saturated rings. The van der Waals surface area contributed by atoms with Crippen molar-refractivity contribution in [2.24, 2.45) is 7.05 Å². The second kappa shape index (κ2) is 2.64. The van der Waals surface area contributed by atoms with Crippen LogP contribution in [0.15, 0.2) is 12.4 Å². The molecule has 9 heavy (non-hydrogen) atoms. The topological polar surface area (TPSA) is 34.4 Å². The average Bonchev–Trinajstić information content (AvgIpc) is 2.18. The lowest BCUT2D eigenvalue weighted by Gasteiger charge is -1.95. The van der Waals surface area contributed by atoms with Crippen LogP contribution in [-0.2, 0) is 13.6 Å². The van der Waals surface area contributed by atoms with Gasteiger partial charge in [-0.2, -0.15) is 0 Å². The van der Waals surface area contributed by atoms with E-state index in [1.54, 1.807) is 0 Å². The molecule has 1 aromatic rings.